The van der Waals surface area contributed by atoms with Gasteiger partial charge in [0.15, 0.2) is 6.29 Å². The average Bonchev–Trinajstić information content (AvgIpc) is 2.01. The van der Waals surface area contributed by atoms with Gasteiger partial charge in [-0.3, -0.25) is 0 Å². The smallest absolute Gasteiger partial charge is 0.158 e. The van der Waals surface area contributed by atoms with Crippen LogP contribution in [-0.4, -0.2) is 19.5 Å². The normalized spacial score (nSPS) is 12.5. The highest BCUT2D eigenvalue weighted by Gasteiger charge is 2.04. The molecule has 0 aliphatic rings. The van der Waals surface area contributed by atoms with E-state index < -0.39 is 0 Å². The first-order chi connectivity index (χ1) is 5.35. The molecule has 2 heteroatoms. The van der Waals surface area contributed by atoms with E-state index in [1.165, 1.54) is 0 Å². The zero-order chi connectivity index (χ0) is 8.53. The maximum absolute atomic E-state index is 5.27. The summed E-state index contributed by atoms with van der Waals surface area (Å²) in [5.74, 6) is 2.41. The van der Waals surface area contributed by atoms with Gasteiger partial charge >= 0.3 is 0 Å². The maximum atomic E-state index is 5.27. The summed E-state index contributed by atoms with van der Waals surface area (Å²) < 4.78 is 10.5. The first-order valence-corrected chi connectivity index (χ1v) is 4.01. The lowest BCUT2D eigenvalue weighted by atomic mass is 10.3. The summed E-state index contributed by atoms with van der Waals surface area (Å²) in [5.41, 5.74) is 0. The van der Waals surface area contributed by atoms with Gasteiger partial charge in [-0.15, -0.1) is 6.42 Å². The van der Waals surface area contributed by atoms with Crippen LogP contribution in [0.1, 0.15) is 26.7 Å². The summed E-state index contributed by atoms with van der Waals surface area (Å²) in [6.07, 6.45) is 6.89. The molecule has 0 heterocycles. The highest BCUT2D eigenvalue weighted by molar-refractivity contribution is 4.83. The molecule has 0 bridgehead atoms. The number of ether oxygens (including phenoxy) is 2. The molecule has 1 unspecified atom stereocenters. The molecule has 0 fully saturated rings. The molecule has 0 N–H and O–H groups in total. The van der Waals surface area contributed by atoms with E-state index in [1.54, 1.807) is 0 Å². The van der Waals surface area contributed by atoms with Crippen LogP contribution in [0.2, 0.25) is 0 Å². The third-order valence-electron chi connectivity index (χ3n) is 1.23. The first kappa shape index (κ1) is 10.5. The van der Waals surface area contributed by atoms with Crippen molar-refractivity contribution in [3.63, 3.8) is 0 Å². The molecule has 11 heavy (non-hydrogen) atoms. The molecule has 0 saturated heterocycles. The van der Waals surface area contributed by atoms with Gasteiger partial charge in [-0.25, -0.2) is 0 Å². The average molecular weight is 156 g/mol. The summed E-state index contributed by atoms with van der Waals surface area (Å²) in [4.78, 5) is 0. The van der Waals surface area contributed by atoms with Crippen LogP contribution < -0.4 is 0 Å². The molecule has 0 saturated carbocycles. The monoisotopic (exact) mass is 156 g/mol. The largest absolute Gasteiger partial charge is 0.353 e. The van der Waals surface area contributed by atoms with E-state index in [2.05, 4.69) is 12.8 Å². The molecule has 0 radical (unpaired) electrons. The lowest BCUT2D eigenvalue weighted by Crippen LogP contribution is -2.17. The Balaban J connectivity index is 3.44. The van der Waals surface area contributed by atoms with Crippen molar-refractivity contribution in [2.45, 2.75) is 33.0 Å². The van der Waals surface area contributed by atoms with E-state index in [9.17, 15) is 0 Å². The molecule has 64 valence electrons. The Morgan fingerprint density at radius 3 is 2.55 bits per heavy atom. The summed E-state index contributed by atoms with van der Waals surface area (Å²) >= 11 is 0. The van der Waals surface area contributed by atoms with Crippen molar-refractivity contribution in [1.82, 2.24) is 0 Å². The van der Waals surface area contributed by atoms with Gasteiger partial charge in [0.05, 0.1) is 0 Å². The summed E-state index contributed by atoms with van der Waals surface area (Å²) in [7, 11) is 0. The number of terminal acetylenes is 1. The summed E-state index contributed by atoms with van der Waals surface area (Å²) in [6.45, 7) is 5.05. The Morgan fingerprint density at radius 1 is 1.36 bits per heavy atom. The minimum absolute atomic E-state index is 0.110. The highest BCUT2D eigenvalue weighted by Crippen LogP contribution is 2.02. The third kappa shape index (κ3) is 5.90. The van der Waals surface area contributed by atoms with Crippen molar-refractivity contribution < 1.29 is 9.47 Å². The molecule has 0 spiro atoms. The van der Waals surface area contributed by atoms with Crippen molar-refractivity contribution in [3.8, 4) is 12.3 Å². The fourth-order valence-electron chi connectivity index (χ4n) is 0.777. The topological polar surface area (TPSA) is 18.5 Å². The Labute approximate surface area is 68.9 Å². The van der Waals surface area contributed by atoms with Gasteiger partial charge in [0.25, 0.3) is 0 Å². The predicted octanol–water partition coefficient (Wildman–Crippen LogP) is 1.80. The van der Waals surface area contributed by atoms with Crippen molar-refractivity contribution in [2.75, 3.05) is 13.2 Å². The Hall–Kier alpha value is -0.520. The number of hydrogen-bond acceptors (Lipinski definition) is 2. The van der Waals surface area contributed by atoms with Crippen molar-refractivity contribution >= 4 is 0 Å². The third-order valence-corrected chi connectivity index (χ3v) is 1.23. The van der Waals surface area contributed by atoms with Crippen LogP contribution in [0.25, 0.3) is 0 Å². The lowest BCUT2D eigenvalue weighted by Gasteiger charge is -2.14. The molecule has 0 aromatic heterocycles. The zero-order valence-corrected chi connectivity index (χ0v) is 7.30. The van der Waals surface area contributed by atoms with Crippen molar-refractivity contribution in [3.05, 3.63) is 0 Å². The van der Waals surface area contributed by atoms with Crippen LogP contribution >= 0.6 is 0 Å². The second kappa shape index (κ2) is 7.59. The van der Waals surface area contributed by atoms with Gasteiger partial charge < -0.3 is 9.47 Å². The molecule has 0 rings (SSSR count). The molecule has 0 amide bonds. The molecule has 0 aliphatic carbocycles. The van der Waals surface area contributed by atoms with E-state index in [0.29, 0.717) is 13.2 Å². The summed E-state index contributed by atoms with van der Waals surface area (Å²) in [6, 6.07) is 0. The predicted molar refractivity (Wildman–Crippen MR) is 45.1 cm³/mol. The second-order valence-corrected chi connectivity index (χ2v) is 2.19. The van der Waals surface area contributed by atoms with Crippen LogP contribution in [0.15, 0.2) is 0 Å². The minimum Gasteiger partial charge on any atom is -0.353 e. The van der Waals surface area contributed by atoms with Gasteiger partial charge in [-0.2, -0.15) is 0 Å². The Morgan fingerprint density at radius 2 is 2.09 bits per heavy atom. The molecule has 0 aliphatic heterocycles. The molecule has 1 atom stereocenters. The SMILES string of the molecule is C#CCOC(CCC)OCC. The molecule has 0 aromatic rings. The van der Waals surface area contributed by atoms with Gasteiger partial charge in [-0.1, -0.05) is 19.3 Å². The van der Waals surface area contributed by atoms with Gasteiger partial charge in [0.2, 0.25) is 0 Å². The fraction of sp³-hybridized carbons (Fsp3) is 0.778. The number of rotatable bonds is 6. The standard InChI is InChI=1S/C9H16O2/c1-4-7-9(10-6-3)11-8-5-2/h2,9H,4,6-8H2,1,3H3. The minimum atomic E-state index is -0.110. The van der Waals surface area contributed by atoms with E-state index >= 15 is 0 Å². The maximum Gasteiger partial charge on any atom is 0.158 e. The van der Waals surface area contributed by atoms with E-state index in [0.717, 1.165) is 12.8 Å². The van der Waals surface area contributed by atoms with Crippen LogP contribution in [0.4, 0.5) is 0 Å². The Kier molecular flexibility index (Phi) is 7.23. The highest BCUT2D eigenvalue weighted by atomic mass is 16.7. The Bertz CT molecular complexity index is 109. The quantitative estimate of drug-likeness (QED) is 0.431. The van der Waals surface area contributed by atoms with Gasteiger partial charge in [0, 0.05) is 6.61 Å². The van der Waals surface area contributed by atoms with Gasteiger partial charge in [-0.05, 0) is 13.3 Å². The fourth-order valence-corrected chi connectivity index (χ4v) is 0.777. The number of hydrogen-bond donors (Lipinski definition) is 0. The van der Waals surface area contributed by atoms with Crippen LogP contribution in [0.3, 0.4) is 0 Å². The van der Waals surface area contributed by atoms with Crippen molar-refractivity contribution in [1.29, 1.82) is 0 Å². The van der Waals surface area contributed by atoms with E-state index in [4.69, 9.17) is 15.9 Å². The molecular weight excluding hydrogens is 140 g/mol. The van der Waals surface area contributed by atoms with Gasteiger partial charge in [0.1, 0.15) is 6.61 Å². The van der Waals surface area contributed by atoms with Crippen LogP contribution in [0, 0.1) is 12.3 Å². The second-order valence-electron chi connectivity index (χ2n) is 2.19. The van der Waals surface area contributed by atoms with Crippen LogP contribution in [-0.2, 0) is 9.47 Å². The molecule has 2 nitrogen and oxygen atoms in total. The van der Waals surface area contributed by atoms with E-state index in [-0.39, 0.29) is 6.29 Å². The molecular formula is C9H16O2. The first-order valence-electron chi connectivity index (χ1n) is 4.01. The molecule has 0 aromatic carbocycles. The van der Waals surface area contributed by atoms with E-state index in [1.807, 2.05) is 6.92 Å². The van der Waals surface area contributed by atoms with Crippen molar-refractivity contribution in [2.24, 2.45) is 0 Å². The zero-order valence-electron chi connectivity index (χ0n) is 7.30. The lowest BCUT2D eigenvalue weighted by molar-refractivity contribution is -0.133. The van der Waals surface area contributed by atoms with Crippen LogP contribution in [0.5, 0.6) is 0 Å². The summed E-state index contributed by atoms with van der Waals surface area (Å²) in [5, 5.41) is 0.